The molecule has 0 aromatic heterocycles. The van der Waals surface area contributed by atoms with Gasteiger partial charge in [0.25, 0.3) is 6.29 Å². The fourth-order valence-electron chi connectivity index (χ4n) is 10.7. The Morgan fingerprint density at radius 3 is 0.808 bits per heavy atom. The van der Waals surface area contributed by atoms with Gasteiger partial charge in [-0.1, -0.05) is 344 Å². The van der Waals surface area contributed by atoms with Crippen LogP contribution in [-0.4, -0.2) is 87.4 Å². The lowest BCUT2D eigenvalue weighted by atomic mass is 10.0. The molecule has 0 fully saturated rings. The fraction of sp³-hybridized carbons (Fsp3) is 0.633. The first kappa shape index (κ1) is 93.4. The minimum Gasteiger partial charge on any atom is -0.477 e. The molecule has 0 aromatic rings. The molecule has 99 heavy (non-hydrogen) atoms. The summed E-state index contributed by atoms with van der Waals surface area (Å²) in [5, 5.41) is 9.78. The van der Waals surface area contributed by atoms with E-state index in [0.717, 1.165) is 141 Å². The van der Waals surface area contributed by atoms with E-state index in [0.29, 0.717) is 23.9 Å². The Hall–Kier alpha value is -5.61. The zero-order chi connectivity index (χ0) is 71.8. The summed E-state index contributed by atoms with van der Waals surface area (Å²) in [5.41, 5.74) is 0. The lowest BCUT2D eigenvalue weighted by Gasteiger charge is -2.25. The average molecular weight is 1370 g/mol. The van der Waals surface area contributed by atoms with Gasteiger partial charge in [0.2, 0.25) is 0 Å². The van der Waals surface area contributed by atoms with Gasteiger partial charge in [-0.15, -0.1) is 0 Å². The highest BCUT2D eigenvalue weighted by molar-refractivity contribution is 5.71. The Labute approximate surface area is 609 Å². The highest BCUT2D eigenvalue weighted by Crippen LogP contribution is 2.17. The fourth-order valence-corrected chi connectivity index (χ4v) is 10.7. The second kappa shape index (κ2) is 78.1. The quantitative estimate of drug-likeness (QED) is 0.0211. The minimum atomic E-state index is -1.52. The molecule has 0 rings (SSSR count). The Kier molecular flexibility index (Phi) is 73.7. The summed E-state index contributed by atoms with van der Waals surface area (Å²) in [7, 11) is 5.97. The molecule has 0 amide bonds. The van der Waals surface area contributed by atoms with Crippen LogP contribution in [0.4, 0.5) is 0 Å². The second-order valence-electron chi connectivity index (χ2n) is 27.3. The maximum absolute atomic E-state index is 13.0. The third kappa shape index (κ3) is 79.6. The SMILES string of the molecule is CC/C=C\C/C=C\C/C=C\C/C=C\C/C=C\C/C=C\C/C=C\C/C=C\C/C=C\C/C=C\CCCCCCCCCCC(=O)OC(COC(=O)CCCCCCCCCCCCCCCCCCCCC/C=C\C/C=C\C/C=C\C/C=C\C/C=C\CC)COC(OCC[N+](C)(C)C)C(=O)O. The maximum atomic E-state index is 13.0. The summed E-state index contributed by atoms with van der Waals surface area (Å²) in [5.74, 6) is -2.02. The van der Waals surface area contributed by atoms with Gasteiger partial charge in [-0.3, -0.25) is 9.59 Å². The van der Waals surface area contributed by atoms with Crippen LogP contribution in [0, 0.1) is 0 Å². The Morgan fingerprint density at radius 2 is 0.545 bits per heavy atom. The van der Waals surface area contributed by atoms with E-state index in [-0.39, 0.29) is 32.2 Å². The molecule has 0 spiro atoms. The lowest BCUT2D eigenvalue weighted by molar-refractivity contribution is -0.870. The van der Waals surface area contributed by atoms with Crippen molar-refractivity contribution in [3.63, 3.8) is 0 Å². The number of carboxylic acid groups (broad SMARTS) is 1. The Morgan fingerprint density at radius 1 is 0.303 bits per heavy atom. The summed E-state index contributed by atoms with van der Waals surface area (Å²) < 4.78 is 23.0. The van der Waals surface area contributed by atoms with Crippen LogP contribution >= 0.6 is 0 Å². The molecular formula is C90H148NO8+. The zero-order valence-electron chi connectivity index (χ0n) is 64.1. The largest absolute Gasteiger partial charge is 0.477 e. The first-order chi connectivity index (χ1) is 48.6. The van der Waals surface area contributed by atoms with Gasteiger partial charge in [0, 0.05) is 12.8 Å². The molecule has 0 saturated heterocycles. The zero-order valence-corrected chi connectivity index (χ0v) is 64.1. The van der Waals surface area contributed by atoms with Gasteiger partial charge in [0.05, 0.1) is 34.4 Å². The number of likely N-dealkylation sites (N-methyl/N-ethyl adjacent to an activating group) is 1. The summed E-state index contributed by atoms with van der Waals surface area (Å²) >= 11 is 0. The third-order valence-corrected chi connectivity index (χ3v) is 16.7. The van der Waals surface area contributed by atoms with E-state index in [1.165, 1.54) is 135 Å². The van der Waals surface area contributed by atoms with Gasteiger partial charge in [0.1, 0.15) is 13.2 Å². The first-order valence-corrected chi connectivity index (χ1v) is 39.9. The number of ether oxygens (including phenoxy) is 4. The molecule has 9 heteroatoms. The number of unbranched alkanes of at least 4 members (excludes halogenated alkanes) is 27. The van der Waals surface area contributed by atoms with Crippen molar-refractivity contribution in [3.05, 3.63) is 182 Å². The van der Waals surface area contributed by atoms with E-state index < -0.39 is 24.3 Å². The van der Waals surface area contributed by atoms with Crippen molar-refractivity contribution >= 4 is 17.9 Å². The van der Waals surface area contributed by atoms with E-state index >= 15 is 0 Å². The van der Waals surface area contributed by atoms with E-state index in [4.69, 9.17) is 18.9 Å². The third-order valence-electron chi connectivity index (χ3n) is 16.7. The normalized spacial score (nSPS) is 13.7. The van der Waals surface area contributed by atoms with Crippen LogP contribution in [0.1, 0.15) is 309 Å². The maximum Gasteiger partial charge on any atom is 0.361 e. The Balaban J connectivity index is 4.11. The van der Waals surface area contributed by atoms with Crippen LogP contribution in [0.5, 0.6) is 0 Å². The lowest BCUT2D eigenvalue weighted by Crippen LogP contribution is -2.40. The van der Waals surface area contributed by atoms with Crippen LogP contribution in [-0.2, 0) is 33.3 Å². The molecule has 0 radical (unpaired) electrons. The topological polar surface area (TPSA) is 108 Å². The number of aliphatic carboxylic acids is 1. The highest BCUT2D eigenvalue weighted by Gasteiger charge is 2.25. The van der Waals surface area contributed by atoms with Crippen LogP contribution in [0.3, 0.4) is 0 Å². The average Bonchev–Trinajstić information content (AvgIpc) is 1.14. The molecular weight excluding hydrogens is 1220 g/mol. The number of carbonyl (C=O) groups excluding carboxylic acids is 2. The van der Waals surface area contributed by atoms with E-state index in [9.17, 15) is 19.5 Å². The van der Waals surface area contributed by atoms with Gasteiger partial charge in [-0.25, -0.2) is 4.79 Å². The monoisotopic (exact) mass is 1370 g/mol. The van der Waals surface area contributed by atoms with Crippen molar-refractivity contribution in [1.29, 1.82) is 0 Å². The van der Waals surface area contributed by atoms with Crippen LogP contribution in [0.25, 0.3) is 0 Å². The van der Waals surface area contributed by atoms with Crippen molar-refractivity contribution < 1.29 is 42.9 Å². The molecule has 0 aliphatic rings. The highest BCUT2D eigenvalue weighted by atomic mass is 16.7. The molecule has 0 aliphatic heterocycles. The standard InChI is InChI=1S/C90H147NO8/c1-6-8-10-12-14-16-18-20-22-24-26-28-30-32-34-36-38-40-42-43-44-45-47-49-51-53-55-57-59-61-63-65-67-69-71-73-75-77-79-81-88(93)99-86(85-98-90(89(94)95)96-83-82-91(3,4)5)84-97-87(92)80-78-76-74-72-70-68-66-64-62-60-58-56-54-52-50-48-46-41-39-37-35-33-31-29-27-25-23-21-19-17-15-13-11-9-7-2/h8-11,14-17,20-23,26-29,32-35,38,40,43-44,47,49,53,55,59,61,86,90H,6-7,12-13,18-19,24-25,30-31,36-37,39,41-42,45-46,48,50-52,54,56-58,60,62-85H2,1-5H3/p+1/b10-8-,11-9-,16-14-,17-15-,22-20-,23-21-,28-26-,29-27-,34-32-,35-33-,40-38-,44-43-,49-47-,55-53-,61-59-. The number of allylic oxidation sites excluding steroid dienone is 30. The summed E-state index contributed by atoms with van der Waals surface area (Å²) in [6, 6.07) is 0. The number of rotatable bonds is 72. The molecule has 0 bridgehead atoms. The van der Waals surface area contributed by atoms with E-state index in [1.807, 2.05) is 21.1 Å². The van der Waals surface area contributed by atoms with Crippen molar-refractivity contribution in [3.8, 4) is 0 Å². The van der Waals surface area contributed by atoms with Crippen molar-refractivity contribution in [2.75, 3.05) is 47.5 Å². The number of quaternary nitrogens is 1. The molecule has 0 heterocycles. The Bertz CT molecular complexity index is 2290. The molecule has 1 N–H and O–H groups in total. The number of carboxylic acids is 1. The van der Waals surface area contributed by atoms with Gasteiger partial charge in [-0.05, 0) is 135 Å². The molecule has 0 saturated carbocycles. The molecule has 9 nitrogen and oxygen atoms in total. The number of nitrogens with zero attached hydrogens (tertiary/aromatic N) is 1. The predicted octanol–water partition coefficient (Wildman–Crippen LogP) is 25.9. The van der Waals surface area contributed by atoms with Gasteiger partial charge >= 0.3 is 17.9 Å². The minimum absolute atomic E-state index is 0.179. The van der Waals surface area contributed by atoms with Crippen molar-refractivity contribution in [1.82, 2.24) is 0 Å². The van der Waals surface area contributed by atoms with E-state index in [1.54, 1.807) is 0 Å². The van der Waals surface area contributed by atoms with Crippen LogP contribution < -0.4 is 0 Å². The first-order valence-electron chi connectivity index (χ1n) is 39.9. The van der Waals surface area contributed by atoms with Crippen molar-refractivity contribution in [2.24, 2.45) is 0 Å². The number of hydrogen-bond donors (Lipinski definition) is 1. The van der Waals surface area contributed by atoms with Crippen LogP contribution in [0.2, 0.25) is 0 Å². The molecule has 560 valence electrons. The summed E-state index contributed by atoms with van der Waals surface area (Å²) in [6.45, 7) is 4.65. The number of esters is 2. The van der Waals surface area contributed by atoms with Gasteiger partial charge in [0.15, 0.2) is 6.10 Å². The molecule has 2 unspecified atom stereocenters. The smallest absolute Gasteiger partial charge is 0.361 e. The van der Waals surface area contributed by atoms with E-state index in [2.05, 4.69) is 196 Å². The molecule has 2 atom stereocenters. The second-order valence-corrected chi connectivity index (χ2v) is 27.3. The predicted molar refractivity (Wildman–Crippen MR) is 428 cm³/mol. The van der Waals surface area contributed by atoms with Crippen molar-refractivity contribution in [2.45, 2.75) is 322 Å². The summed E-state index contributed by atoms with van der Waals surface area (Å²) in [6.07, 6.45) is 116. The van der Waals surface area contributed by atoms with Crippen LogP contribution in [0.15, 0.2) is 182 Å². The number of hydrogen-bond acceptors (Lipinski definition) is 7. The summed E-state index contributed by atoms with van der Waals surface area (Å²) in [4.78, 5) is 37.8. The molecule has 0 aromatic carbocycles. The van der Waals surface area contributed by atoms with Gasteiger partial charge in [-0.2, -0.15) is 0 Å². The number of carbonyl (C=O) groups is 3. The van der Waals surface area contributed by atoms with Gasteiger partial charge < -0.3 is 28.5 Å². The molecule has 0 aliphatic carbocycles.